The lowest BCUT2D eigenvalue weighted by molar-refractivity contribution is 0.496. The van der Waals surface area contributed by atoms with Crippen LogP contribution in [0.2, 0.25) is 0 Å². The van der Waals surface area contributed by atoms with Gasteiger partial charge in [-0.1, -0.05) is 34.1 Å². The van der Waals surface area contributed by atoms with E-state index in [1.165, 1.54) is 0 Å². The maximum atomic E-state index is 12.2. The molecular weight excluding hydrogens is 314 g/mol. The minimum Gasteiger partial charge on any atom is -0.317 e. The number of benzene rings is 1. The number of halogens is 1. The first kappa shape index (κ1) is 14.0. The summed E-state index contributed by atoms with van der Waals surface area (Å²) in [6, 6.07) is 7.81. The van der Waals surface area contributed by atoms with Crippen molar-refractivity contribution in [3.63, 3.8) is 0 Å². The molecule has 1 fully saturated rings. The van der Waals surface area contributed by atoms with E-state index < -0.39 is 9.84 Å². The molecule has 0 saturated carbocycles. The minimum absolute atomic E-state index is 0.152. The Labute approximate surface area is 117 Å². The molecule has 1 aromatic rings. The van der Waals surface area contributed by atoms with E-state index in [1.54, 1.807) is 0 Å². The van der Waals surface area contributed by atoms with Crippen molar-refractivity contribution in [2.24, 2.45) is 0 Å². The van der Waals surface area contributed by atoms with Crippen molar-refractivity contribution in [1.29, 1.82) is 0 Å². The van der Waals surface area contributed by atoms with Crippen LogP contribution in [0.5, 0.6) is 0 Å². The fourth-order valence-corrected chi connectivity index (χ4v) is 4.55. The van der Waals surface area contributed by atoms with Crippen LogP contribution in [0.25, 0.3) is 0 Å². The second kappa shape index (κ2) is 6.17. The van der Waals surface area contributed by atoms with Gasteiger partial charge in [0.25, 0.3) is 0 Å². The molecule has 0 spiro atoms. The third-order valence-corrected chi connectivity index (χ3v) is 6.44. The molecule has 0 aromatic heterocycles. The number of aryl methyl sites for hydroxylation is 1. The number of hydrogen-bond acceptors (Lipinski definition) is 3. The number of nitrogens with one attached hydrogen (secondary N) is 1. The molecule has 100 valence electrons. The molecule has 1 saturated heterocycles. The highest BCUT2D eigenvalue weighted by molar-refractivity contribution is 9.10. The topological polar surface area (TPSA) is 46.2 Å². The number of hydrogen-bond donors (Lipinski definition) is 1. The molecule has 0 atom stereocenters. The smallest absolute Gasteiger partial charge is 0.153 e. The van der Waals surface area contributed by atoms with E-state index >= 15 is 0 Å². The molecule has 1 heterocycles. The largest absolute Gasteiger partial charge is 0.317 e. The van der Waals surface area contributed by atoms with Crippen molar-refractivity contribution >= 4 is 25.8 Å². The summed E-state index contributed by atoms with van der Waals surface area (Å²) in [5.41, 5.74) is 1.06. The molecule has 0 radical (unpaired) electrons. The van der Waals surface area contributed by atoms with Crippen molar-refractivity contribution in [2.45, 2.75) is 24.5 Å². The molecule has 1 aliphatic rings. The number of rotatable bonds is 4. The highest BCUT2D eigenvalue weighted by Crippen LogP contribution is 2.19. The maximum Gasteiger partial charge on any atom is 0.153 e. The van der Waals surface area contributed by atoms with E-state index in [4.69, 9.17) is 0 Å². The summed E-state index contributed by atoms with van der Waals surface area (Å²) in [5, 5.41) is 3.05. The number of sulfone groups is 1. The monoisotopic (exact) mass is 331 g/mol. The molecule has 0 amide bonds. The van der Waals surface area contributed by atoms with Crippen LogP contribution in [-0.4, -0.2) is 32.5 Å². The lowest BCUT2D eigenvalue weighted by Gasteiger charge is -2.22. The van der Waals surface area contributed by atoms with E-state index in [2.05, 4.69) is 21.2 Å². The molecule has 0 aliphatic carbocycles. The van der Waals surface area contributed by atoms with Gasteiger partial charge in [0.15, 0.2) is 9.84 Å². The Balaban J connectivity index is 1.98. The van der Waals surface area contributed by atoms with Gasteiger partial charge in [0.1, 0.15) is 0 Å². The second-order valence-corrected chi connectivity index (χ2v) is 7.91. The average molecular weight is 332 g/mol. The van der Waals surface area contributed by atoms with Gasteiger partial charge in [-0.05, 0) is 44.0 Å². The van der Waals surface area contributed by atoms with Crippen LogP contribution in [0.4, 0.5) is 0 Å². The molecular formula is C13H18BrNO2S. The quantitative estimate of drug-likeness (QED) is 0.919. The van der Waals surface area contributed by atoms with E-state index in [1.807, 2.05) is 24.3 Å². The summed E-state index contributed by atoms with van der Waals surface area (Å²) in [4.78, 5) is 0. The van der Waals surface area contributed by atoms with Gasteiger partial charge in [0.05, 0.1) is 11.0 Å². The normalized spacial score (nSPS) is 17.8. The van der Waals surface area contributed by atoms with Gasteiger partial charge >= 0.3 is 0 Å². The summed E-state index contributed by atoms with van der Waals surface area (Å²) in [5.74, 6) is 0.250. The van der Waals surface area contributed by atoms with Crippen LogP contribution in [0.1, 0.15) is 18.4 Å². The molecule has 0 bridgehead atoms. The van der Waals surface area contributed by atoms with Crippen LogP contribution in [0, 0.1) is 0 Å². The van der Waals surface area contributed by atoms with E-state index in [0.29, 0.717) is 6.42 Å². The molecule has 1 aliphatic heterocycles. The highest BCUT2D eigenvalue weighted by atomic mass is 79.9. The van der Waals surface area contributed by atoms with Gasteiger partial charge in [-0.3, -0.25) is 0 Å². The van der Waals surface area contributed by atoms with E-state index in [-0.39, 0.29) is 11.0 Å². The zero-order valence-corrected chi connectivity index (χ0v) is 12.6. The zero-order valence-electron chi connectivity index (χ0n) is 10.2. The van der Waals surface area contributed by atoms with Gasteiger partial charge in [-0.25, -0.2) is 8.42 Å². The predicted octanol–water partition coefficient (Wildman–Crippen LogP) is 2.16. The van der Waals surface area contributed by atoms with Crippen molar-refractivity contribution in [3.8, 4) is 0 Å². The summed E-state index contributed by atoms with van der Waals surface area (Å²) in [6.45, 7) is 1.64. The Hall–Kier alpha value is -0.390. The second-order valence-electron chi connectivity index (χ2n) is 4.66. The fraction of sp³-hybridized carbons (Fsp3) is 0.538. The van der Waals surface area contributed by atoms with Crippen molar-refractivity contribution in [1.82, 2.24) is 5.32 Å². The summed E-state index contributed by atoms with van der Waals surface area (Å²) < 4.78 is 25.4. The first-order chi connectivity index (χ1) is 8.59. The Morgan fingerprint density at radius 2 is 1.89 bits per heavy atom. The van der Waals surface area contributed by atoms with Crippen LogP contribution in [0.15, 0.2) is 28.7 Å². The fourth-order valence-electron chi connectivity index (χ4n) is 2.27. The molecule has 18 heavy (non-hydrogen) atoms. The molecule has 1 N–H and O–H groups in total. The van der Waals surface area contributed by atoms with E-state index in [0.717, 1.165) is 36.0 Å². The third kappa shape index (κ3) is 3.56. The van der Waals surface area contributed by atoms with Crippen molar-refractivity contribution in [3.05, 3.63) is 34.3 Å². The van der Waals surface area contributed by atoms with Gasteiger partial charge in [-0.2, -0.15) is 0 Å². The Kier molecular flexibility index (Phi) is 4.81. The van der Waals surface area contributed by atoms with Gasteiger partial charge in [-0.15, -0.1) is 0 Å². The van der Waals surface area contributed by atoms with Crippen molar-refractivity contribution < 1.29 is 8.42 Å². The molecule has 5 heteroatoms. The van der Waals surface area contributed by atoms with Crippen LogP contribution < -0.4 is 5.32 Å². The maximum absolute atomic E-state index is 12.2. The third-order valence-electron chi connectivity index (χ3n) is 3.41. The van der Waals surface area contributed by atoms with Crippen LogP contribution >= 0.6 is 15.9 Å². The van der Waals surface area contributed by atoms with E-state index in [9.17, 15) is 8.42 Å². The first-order valence-electron chi connectivity index (χ1n) is 6.25. The standard InChI is InChI=1S/C13H18BrNO2S/c14-13-4-2-1-3-11(13)7-10-18(16,17)12-5-8-15-9-6-12/h1-4,12,15H,5-10H2. The lowest BCUT2D eigenvalue weighted by atomic mass is 10.2. The summed E-state index contributed by atoms with van der Waals surface area (Å²) >= 11 is 3.46. The summed E-state index contributed by atoms with van der Waals surface area (Å²) in [6.07, 6.45) is 2.09. The Bertz CT molecular complexity index is 495. The van der Waals surface area contributed by atoms with Crippen LogP contribution in [0.3, 0.4) is 0 Å². The predicted molar refractivity (Wildman–Crippen MR) is 77.5 cm³/mol. The average Bonchev–Trinajstić information content (AvgIpc) is 2.39. The van der Waals surface area contributed by atoms with Gasteiger partial charge < -0.3 is 5.32 Å². The zero-order chi connectivity index (χ0) is 13.0. The minimum atomic E-state index is -2.96. The summed E-state index contributed by atoms with van der Waals surface area (Å²) in [7, 11) is -2.96. The highest BCUT2D eigenvalue weighted by Gasteiger charge is 2.26. The Morgan fingerprint density at radius 3 is 2.56 bits per heavy atom. The lowest BCUT2D eigenvalue weighted by Crippen LogP contribution is -2.37. The number of piperidine rings is 1. The first-order valence-corrected chi connectivity index (χ1v) is 8.76. The SMILES string of the molecule is O=S(=O)(CCc1ccccc1Br)C1CCNCC1. The molecule has 2 rings (SSSR count). The van der Waals surface area contributed by atoms with Crippen LogP contribution in [-0.2, 0) is 16.3 Å². The molecule has 1 aromatic carbocycles. The molecule has 0 unspecified atom stereocenters. The van der Waals surface area contributed by atoms with Gasteiger partial charge in [0.2, 0.25) is 0 Å². The Morgan fingerprint density at radius 1 is 1.22 bits per heavy atom. The molecule has 3 nitrogen and oxygen atoms in total. The van der Waals surface area contributed by atoms with Gasteiger partial charge in [0, 0.05) is 4.47 Å². The van der Waals surface area contributed by atoms with Crippen molar-refractivity contribution in [2.75, 3.05) is 18.8 Å².